The average molecular weight is 394 g/mol. The van der Waals surface area contributed by atoms with Gasteiger partial charge in [0.25, 0.3) is 5.91 Å². The second kappa shape index (κ2) is 6.40. The van der Waals surface area contributed by atoms with Crippen LogP contribution in [0.15, 0.2) is 41.0 Å². The van der Waals surface area contributed by atoms with E-state index < -0.39 is 17.4 Å². The number of aliphatic carboxylic acids is 1. The lowest BCUT2D eigenvalue weighted by Gasteiger charge is -2.50. The molecule has 0 saturated heterocycles. The third-order valence-electron chi connectivity index (χ3n) is 6.52. The van der Waals surface area contributed by atoms with E-state index in [1.54, 1.807) is 24.1 Å². The number of carboxylic acids is 1. The number of carbonyl (C=O) groups is 2. The molecular formula is C22H22N2O5. The molecule has 2 N–H and O–H groups in total. The number of nitrogens with zero attached hydrogens (tertiary/aromatic N) is 1. The summed E-state index contributed by atoms with van der Waals surface area (Å²) in [5.41, 5.74) is 1.83. The number of furan rings is 1. The lowest BCUT2D eigenvalue weighted by Crippen LogP contribution is -2.54. The van der Waals surface area contributed by atoms with Gasteiger partial charge in [0.2, 0.25) is 0 Å². The molecule has 3 aromatic rings. The van der Waals surface area contributed by atoms with Gasteiger partial charge in [-0.25, -0.2) is 0 Å². The molecule has 150 valence electrons. The second-order valence-corrected chi connectivity index (χ2v) is 7.87. The Hall–Kier alpha value is -3.22. The number of benzene rings is 1. The minimum atomic E-state index is -0.984. The maximum Gasteiger partial charge on any atom is 0.312 e. The summed E-state index contributed by atoms with van der Waals surface area (Å²) in [6.45, 7) is 0.441. The second-order valence-electron chi connectivity index (χ2n) is 7.87. The molecule has 1 unspecified atom stereocenters. The van der Waals surface area contributed by atoms with Crippen molar-refractivity contribution in [3.05, 3.63) is 53.6 Å². The van der Waals surface area contributed by atoms with E-state index in [1.807, 2.05) is 18.2 Å². The number of carboxylic acid groups (broad SMARTS) is 1. The summed E-state index contributed by atoms with van der Waals surface area (Å²) in [4.78, 5) is 30.7. The molecule has 1 aliphatic heterocycles. The van der Waals surface area contributed by atoms with Crippen LogP contribution in [0.2, 0.25) is 0 Å². The highest BCUT2D eigenvalue weighted by molar-refractivity contribution is 5.94. The first kappa shape index (κ1) is 17.8. The highest BCUT2D eigenvalue weighted by atomic mass is 16.5. The molecule has 0 bridgehead atoms. The summed E-state index contributed by atoms with van der Waals surface area (Å²) in [7, 11) is 1.63. The normalized spacial score (nSPS) is 20.2. The summed E-state index contributed by atoms with van der Waals surface area (Å²) < 4.78 is 10.7. The number of rotatable bonds is 4. The van der Waals surface area contributed by atoms with Crippen molar-refractivity contribution in [2.75, 3.05) is 13.7 Å². The Morgan fingerprint density at radius 2 is 2.14 bits per heavy atom. The lowest BCUT2D eigenvalue weighted by atomic mass is 9.61. The number of aromatic amines is 1. The Bertz CT molecular complexity index is 1090. The van der Waals surface area contributed by atoms with Gasteiger partial charge < -0.3 is 24.1 Å². The average Bonchev–Trinajstić information content (AvgIpc) is 3.34. The Balaban J connectivity index is 1.68. The molecular weight excluding hydrogens is 372 g/mol. The molecule has 2 aromatic heterocycles. The largest absolute Gasteiger partial charge is 0.497 e. The number of aromatic nitrogens is 1. The molecule has 2 aliphatic rings. The summed E-state index contributed by atoms with van der Waals surface area (Å²) >= 11 is 0. The molecule has 0 spiro atoms. The smallest absolute Gasteiger partial charge is 0.312 e. The van der Waals surface area contributed by atoms with Gasteiger partial charge in [0.1, 0.15) is 5.75 Å². The van der Waals surface area contributed by atoms with Crippen LogP contribution in [0.5, 0.6) is 5.75 Å². The van der Waals surface area contributed by atoms with Crippen molar-refractivity contribution in [2.24, 2.45) is 5.41 Å². The fraction of sp³-hybridized carbons (Fsp3) is 0.364. The summed E-state index contributed by atoms with van der Waals surface area (Å²) in [5.74, 6) is -0.137. The maximum absolute atomic E-state index is 13.2. The van der Waals surface area contributed by atoms with Gasteiger partial charge in [-0.1, -0.05) is 6.42 Å². The molecule has 1 aliphatic carbocycles. The number of ether oxygens (including phenoxy) is 1. The van der Waals surface area contributed by atoms with Crippen molar-refractivity contribution in [1.29, 1.82) is 0 Å². The van der Waals surface area contributed by atoms with Crippen LogP contribution in [0.1, 0.15) is 47.1 Å². The van der Waals surface area contributed by atoms with Crippen LogP contribution in [0.25, 0.3) is 10.9 Å². The number of hydrogen-bond donors (Lipinski definition) is 2. The van der Waals surface area contributed by atoms with Gasteiger partial charge in [0, 0.05) is 23.1 Å². The van der Waals surface area contributed by atoms with Crippen LogP contribution in [0.4, 0.5) is 0 Å². The van der Waals surface area contributed by atoms with Crippen molar-refractivity contribution in [3.63, 3.8) is 0 Å². The minimum Gasteiger partial charge on any atom is -0.497 e. The summed E-state index contributed by atoms with van der Waals surface area (Å²) in [6.07, 6.45) is 4.04. The predicted octanol–water partition coefficient (Wildman–Crippen LogP) is 3.76. The molecule has 7 nitrogen and oxygen atoms in total. The fourth-order valence-electron chi connectivity index (χ4n) is 4.89. The molecule has 1 saturated carbocycles. The monoisotopic (exact) mass is 394 g/mol. The van der Waals surface area contributed by atoms with E-state index >= 15 is 0 Å². The maximum atomic E-state index is 13.2. The van der Waals surface area contributed by atoms with E-state index in [0.29, 0.717) is 25.8 Å². The van der Waals surface area contributed by atoms with Gasteiger partial charge in [-0.3, -0.25) is 9.59 Å². The molecule has 3 heterocycles. The van der Waals surface area contributed by atoms with Crippen molar-refractivity contribution >= 4 is 22.8 Å². The molecule has 1 fully saturated rings. The SMILES string of the molecule is COc1ccc2[nH]c3c(c2c1)CCN(C(=O)c1ccco1)C3C1(C(=O)O)CCC1. The van der Waals surface area contributed by atoms with Crippen LogP contribution >= 0.6 is 0 Å². The van der Waals surface area contributed by atoms with Gasteiger partial charge in [0.15, 0.2) is 5.76 Å². The lowest BCUT2D eigenvalue weighted by molar-refractivity contribution is -0.161. The number of carbonyl (C=O) groups excluding carboxylic acids is 1. The van der Waals surface area contributed by atoms with Gasteiger partial charge in [-0.2, -0.15) is 0 Å². The number of amides is 1. The highest BCUT2D eigenvalue weighted by Gasteiger charge is 2.56. The van der Waals surface area contributed by atoms with Crippen LogP contribution in [-0.2, 0) is 11.2 Å². The van der Waals surface area contributed by atoms with Gasteiger partial charge >= 0.3 is 5.97 Å². The molecule has 5 rings (SSSR count). The predicted molar refractivity (Wildman–Crippen MR) is 105 cm³/mol. The molecule has 29 heavy (non-hydrogen) atoms. The minimum absolute atomic E-state index is 0.232. The Morgan fingerprint density at radius 1 is 1.31 bits per heavy atom. The van der Waals surface area contributed by atoms with Crippen molar-refractivity contribution in [3.8, 4) is 5.75 Å². The molecule has 1 atom stereocenters. The quantitative estimate of drug-likeness (QED) is 0.702. The summed E-state index contributed by atoms with van der Waals surface area (Å²) in [5, 5.41) is 11.2. The van der Waals surface area contributed by atoms with E-state index in [9.17, 15) is 14.7 Å². The van der Waals surface area contributed by atoms with E-state index in [2.05, 4.69) is 4.98 Å². The number of hydrogen-bond acceptors (Lipinski definition) is 4. The number of fused-ring (bicyclic) bond motifs is 3. The third kappa shape index (κ3) is 2.50. The first-order chi connectivity index (χ1) is 14.0. The van der Waals surface area contributed by atoms with Gasteiger partial charge in [-0.15, -0.1) is 0 Å². The molecule has 1 amide bonds. The molecule has 0 radical (unpaired) electrons. The van der Waals surface area contributed by atoms with E-state index in [1.165, 1.54) is 6.26 Å². The van der Waals surface area contributed by atoms with Crippen LogP contribution in [0.3, 0.4) is 0 Å². The van der Waals surface area contributed by atoms with Crippen LogP contribution in [0, 0.1) is 5.41 Å². The van der Waals surface area contributed by atoms with E-state index in [0.717, 1.165) is 34.3 Å². The zero-order valence-electron chi connectivity index (χ0n) is 16.1. The number of nitrogens with one attached hydrogen (secondary N) is 1. The Morgan fingerprint density at radius 3 is 2.76 bits per heavy atom. The van der Waals surface area contributed by atoms with Gasteiger partial charge in [-0.05, 0) is 55.2 Å². The number of methoxy groups -OCH3 is 1. The van der Waals surface area contributed by atoms with Crippen molar-refractivity contribution < 1.29 is 23.8 Å². The summed E-state index contributed by atoms with van der Waals surface area (Å²) in [6, 6.07) is 8.52. The topological polar surface area (TPSA) is 95.8 Å². The molecule has 1 aromatic carbocycles. The van der Waals surface area contributed by atoms with Crippen molar-refractivity contribution in [1.82, 2.24) is 9.88 Å². The fourth-order valence-corrected chi connectivity index (χ4v) is 4.89. The third-order valence-corrected chi connectivity index (χ3v) is 6.52. The highest BCUT2D eigenvalue weighted by Crippen LogP contribution is 2.55. The zero-order valence-corrected chi connectivity index (χ0v) is 16.1. The first-order valence-corrected chi connectivity index (χ1v) is 9.81. The van der Waals surface area contributed by atoms with Crippen LogP contribution < -0.4 is 4.74 Å². The Labute approximate surface area is 167 Å². The number of H-pyrrole nitrogens is 1. The van der Waals surface area contributed by atoms with E-state index in [-0.39, 0.29) is 11.7 Å². The zero-order chi connectivity index (χ0) is 20.2. The van der Waals surface area contributed by atoms with E-state index in [4.69, 9.17) is 9.15 Å². The standard InChI is InChI=1S/C22H22N2O5/c1-28-13-5-6-16-15(12-13)14-7-10-24(20(25)17-4-2-11-29-17)19(18(14)23-16)22(21(26)27)8-3-9-22/h2,4-6,11-12,19,23H,3,7-10H2,1H3,(H,26,27). The van der Waals surface area contributed by atoms with Crippen molar-refractivity contribution in [2.45, 2.75) is 31.7 Å². The van der Waals surface area contributed by atoms with Gasteiger partial charge in [0.05, 0.1) is 24.8 Å². The Kier molecular flexibility index (Phi) is 3.94. The first-order valence-electron chi connectivity index (χ1n) is 9.81. The molecule has 7 heteroatoms. The van der Waals surface area contributed by atoms with Crippen LogP contribution in [-0.4, -0.2) is 40.5 Å².